The zero-order valence-electron chi connectivity index (χ0n) is 8.07. The van der Waals surface area contributed by atoms with Gasteiger partial charge in [0.25, 0.3) is 6.36 Å². The number of carboxylic acids is 1. The molecule has 0 spiro atoms. The molecule has 0 heterocycles. The summed E-state index contributed by atoms with van der Waals surface area (Å²) < 4.78 is 26.3. The minimum atomic E-state index is -2.27. The maximum absolute atomic E-state index is 12.3. The Morgan fingerprint density at radius 2 is 2.07 bits per heavy atom. The molecule has 0 saturated heterocycles. The summed E-state index contributed by atoms with van der Waals surface area (Å²) in [5, 5.41) is 8.10. The van der Waals surface area contributed by atoms with Crippen LogP contribution in [-0.4, -0.2) is 51.0 Å². The van der Waals surface area contributed by atoms with E-state index in [-0.39, 0.29) is 13.2 Å². The minimum Gasteiger partial charge on any atom is -0.477 e. The molecule has 84 valence electrons. The average Bonchev–Trinajstić information content (AvgIpc) is 2.16. The number of halogens is 1. The lowest BCUT2D eigenvalue weighted by Crippen LogP contribution is -2.20. The number of hydrogen-bond donors (Lipinski definition) is 1. The lowest BCUT2D eigenvalue weighted by molar-refractivity contribution is -0.164. The fourth-order valence-corrected chi connectivity index (χ4v) is 0.689. The smallest absolute Gasteiger partial charge is 0.366 e. The number of rotatable bonds is 9. The van der Waals surface area contributed by atoms with Gasteiger partial charge in [-0.1, -0.05) is 0 Å². The lowest BCUT2D eigenvalue weighted by atomic mass is 10.5. The second kappa shape index (κ2) is 8.86. The topological polar surface area (TPSA) is 65.0 Å². The molecule has 6 heteroatoms. The van der Waals surface area contributed by atoms with Crippen molar-refractivity contribution in [3.05, 3.63) is 0 Å². The normalized spacial score (nSPS) is 12.7. The van der Waals surface area contributed by atoms with Crippen LogP contribution in [0.15, 0.2) is 0 Å². The summed E-state index contributed by atoms with van der Waals surface area (Å²) in [5.74, 6) is -1.62. The van der Waals surface area contributed by atoms with Crippen molar-refractivity contribution in [2.45, 2.75) is 12.8 Å². The zero-order valence-corrected chi connectivity index (χ0v) is 8.07. The van der Waals surface area contributed by atoms with E-state index in [9.17, 15) is 9.18 Å². The number of aliphatic carboxylic acids is 1. The van der Waals surface area contributed by atoms with Crippen molar-refractivity contribution in [2.24, 2.45) is 0 Å². The lowest BCUT2D eigenvalue weighted by Gasteiger charge is -2.06. The van der Waals surface area contributed by atoms with E-state index in [4.69, 9.17) is 14.6 Å². The molecule has 0 rings (SSSR count). The molecule has 0 amide bonds. The molecular formula is C8H15FO5. The van der Waals surface area contributed by atoms with Crippen LogP contribution in [0, 0.1) is 0 Å². The Hall–Kier alpha value is -0.720. The van der Waals surface area contributed by atoms with Gasteiger partial charge in [-0.3, -0.25) is 0 Å². The van der Waals surface area contributed by atoms with E-state index < -0.39 is 12.3 Å². The Labute approximate surface area is 81.8 Å². The van der Waals surface area contributed by atoms with Crippen LogP contribution in [-0.2, 0) is 19.0 Å². The van der Waals surface area contributed by atoms with Gasteiger partial charge in [0.15, 0.2) is 0 Å². The molecule has 0 radical (unpaired) electrons. The third kappa shape index (κ3) is 7.90. The number of carbonyl (C=O) groups is 1. The van der Waals surface area contributed by atoms with Crippen molar-refractivity contribution in [2.75, 3.05) is 33.5 Å². The highest BCUT2D eigenvalue weighted by Gasteiger charge is 2.14. The van der Waals surface area contributed by atoms with Crippen LogP contribution in [0.3, 0.4) is 0 Å². The van der Waals surface area contributed by atoms with E-state index in [1.165, 1.54) is 0 Å². The van der Waals surface area contributed by atoms with E-state index in [1.54, 1.807) is 7.11 Å². The maximum atomic E-state index is 12.3. The summed E-state index contributed by atoms with van der Waals surface area (Å²) >= 11 is 0. The molecule has 0 aromatic heterocycles. The first kappa shape index (κ1) is 13.3. The largest absolute Gasteiger partial charge is 0.477 e. The molecule has 0 saturated carbocycles. The highest BCUT2D eigenvalue weighted by molar-refractivity contribution is 5.70. The van der Waals surface area contributed by atoms with Gasteiger partial charge < -0.3 is 19.3 Å². The van der Waals surface area contributed by atoms with Gasteiger partial charge >= 0.3 is 5.97 Å². The van der Waals surface area contributed by atoms with Gasteiger partial charge in [0.1, 0.15) is 0 Å². The van der Waals surface area contributed by atoms with Crippen molar-refractivity contribution in [3.8, 4) is 0 Å². The summed E-state index contributed by atoms with van der Waals surface area (Å²) in [7, 11) is 1.59. The van der Waals surface area contributed by atoms with Crippen molar-refractivity contribution >= 4 is 5.97 Å². The van der Waals surface area contributed by atoms with Crippen molar-refractivity contribution in [3.63, 3.8) is 0 Å². The predicted octanol–water partition coefficient (Wildman–Crippen LogP) is 0.436. The Morgan fingerprint density at radius 3 is 2.64 bits per heavy atom. The van der Waals surface area contributed by atoms with Gasteiger partial charge in [-0.25, -0.2) is 9.18 Å². The molecule has 5 nitrogen and oxygen atoms in total. The van der Waals surface area contributed by atoms with Gasteiger partial charge in [0.2, 0.25) is 0 Å². The molecule has 0 aliphatic rings. The average molecular weight is 210 g/mol. The monoisotopic (exact) mass is 210 g/mol. The fraction of sp³-hybridized carbons (Fsp3) is 0.875. The first-order valence-corrected chi connectivity index (χ1v) is 4.23. The zero-order chi connectivity index (χ0) is 10.8. The summed E-state index contributed by atoms with van der Waals surface area (Å²) in [6.45, 7) is 1.20. The second-order valence-corrected chi connectivity index (χ2v) is 2.48. The van der Waals surface area contributed by atoms with E-state index in [1.807, 2.05) is 0 Å². The molecule has 1 unspecified atom stereocenters. The molecule has 0 aromatic rings. The quantitative estimate of drug-likeness (QED) is 0.559. The van der Waals surface area contributed by atoms with E-state index in [2.05, 4.69) is 4.74 Å². The van der Waals surface area contributed by atoms with Crippen molar-refractivity contribution in [1.29, 1.82) is 0 Å². The Balaban J connectivity index is 3.09. The third-order valence-electron chi connectivity index (χ3n) is 1.32. The van der Waals surface area contributed by atoms with E-state index in [0.717, 1.165) is 6.42 Å². The van der Waals surface area contributed by atoms with Crippen molar-refractivity contribution < 1.29 is 28.5 Å². The van der Waals surface area contributed by atoms with Gasteiger partial charge in [-0.05, 0) is 6.42 Å². The van der Waals surface area contributed by atoms with Crippen LogP contribution in [0.25, 0.3) is 0 Å². The van der Waals surface area contributed by atoms with Gasteiger partial charge in [-0.2, -0.15) is 0 Å². The van der Waals surface area contributed by atoms with Gasteiger partial charge in [0.05, 0.1) is 13.2 Å². The van der Waals surface area contributed by atoms with Crippen LogP contribution >= 0.6 is 0 Å². The number of carboxylic acid groups (broad SMARTS) is 1. The Morgan fingerprint density at radius 1 is 1.36 bits per heavy atom. The Bertz CT molecular complexity index is 153. The molecule has 14 heavy (non-hydrogen) atoms. The van der Waals surface area contributed by atoms with Crippen molar-refractivity contribution in [1.82, 2.24) is 0 Å². The minimum absolute atomic E-state index is 0.0690. The predicted molar refractivity (Wildman–Crippen MR) is 45.8 cm³/mol. The number of alkyl halides is 1. The molecule has 0 fully saturated rings. The van der Waals surface area contributed by atoms with Crippen LogP contribution < -0.4 is 0 Å². The number of methoxy groups -OCH3 is 1. The SMILES string of the molecule is COCCCOCCOC(F)C(=O)O. The standard InChI is InChI=1S/C8H15FO5/c1-12-3-2-4-13-5-6-14-7(9)8(10)11/h7H,2-6H2,1H3,(H,10,11). The molecule has 1 atom stereocenters. The van der Waals surface area contributed by atoms with E-state index >= 15 is 0 Å². The maximum Gasteiger partial charge on any atom is 0.366 e. The van der Waals surface area contributed by atoms with Crippen LogP contribution in [0.5, 0.6) is 0 Å². The summed E-state index contributed by atoms with van der Waals surface area (Å²) in [6, 6.07) is 0. The fourth-order valence-electron chi connectivity index (χ4n) is 0.689. The summed E-state index contributed by atoms with van der Waals surface area (Å²) in [6.07, 6.45) is -1.52. The summed E-state index contributed by atoms with van der Waals surface area (Å²) in [5.41, 5.74) is 0. The third-order valence-corrected chi connectivity index (χ3v) is 1.32. The van der Waals surface area contributed by atoms with Gasteiger partial charge in [-0.15, -0.1) is 0 Å². The molecular weight excluding hydrogens is 195 g/mol. The van der Waals surface area contributed by atoms with Crippen LogP contribution in [0.1, 0.15) is 6.42 Å². The van der Waals surface area contributed by atoms with E-state index in [0.29, 0.717) is 13.2 Å². The second-order valence-electron chi connectivity index (χ2n) is 2.48. The summed E-state index contributed by atoms with van der Waals surface area (Å²) in [4.78, 5) is 9.95. The Kier molecular flexibility index (Phi) is 8.40. The highest BCUT2D eigenvalue weighted by atomic mass is 19.1. The number of hydrogen-bond acceptors (Lipinski definition) is 4. The first-order valence-electron chi connectivity index (χ1n) is 4.23. The molecule has 0 bridgehead atoms. The molecule has 1 N–H and O–H groups in total. The van der Waals surface area contributed by atoms with Crippen LogP contribution in [0.4, 0.5) is 4.39 Å². The first-order chi connectivity index (χ1) is 6.68. The molecule has 0 aromatic carbocycles. The van der Waals surface area contributed by atoms with Crippen LogP contribution in [0.2, 0.25) is 0 Å². The number of ether oxygens (including phenoxy) is 3. The van der Waals surface area contributed by atoms with Gasteiger partial charge in [0, 0.05) is 20.3 Å². The molecule has 0 aliphatic carbocycles. The highest BCUT2D eigenvalue weighted by Crippen LogP contribution is 1.93. The molecule has 0 aliphatic heterocycles.